The van der Waals surface area contributed by atoms with Gasteiger partial charge in [-0.1, -0.05) is 12.5 Å². The number of carbonyl (C=O) groups is 1. The summed E-state index contributed by atoms with van der Waals surface area (Å²) >= 11 is 0. The zero-order valence-electron chi connectivity index (χ0n) is 14.8. The summed E-state index contributed by atoms with van der Waals surface area (Å²) in [6.45, 7) is 8.07. The van der Waals surface area contributed by atoms with Crippen molar-refractivity contribution in [3.05, 3.63) is 11.1 Å². The number of ether oxygens (including phenoxy) is 2. The van der Waals surface area contributed by atoms with Crippen molar-refractivity contribution in [2.45, 2.75) is 57.7 Å². The molecule has 4 atom stereocenters. The molecule has 1 saturated carbocycles. The molecular formula is C19H29NO4. The van der Waals surface area contributed by atoms with Crippen LogP contribution in [0.15, 0.2) is 11.1 Å². The Morgan fingerprint density at radius 2 is 2.00 bits per heavy atom. The van der Waals surface area contributed by atoms with Crippen LogP contribution in [-0.2, 0) is 14.3 Å². The third kappa shape index (κ3) is 2.44. The molecule has 1 unspecified atom stereocenters. The zero-order valence-corrected chi connectivity index (χ0v) is 14.8. The maximum Gasteiger partial charge on any atom is 0.314 e. The van der Waals surface area contributed by atoms with Gasteiger partial charge in [-0.3, -0.25) is 9.69 Å². The first-order chi connectivity index (χ1) is 11.4. The van der Waals surface area contributed by atoms with Gasteiger partial charge in [0.1, 0.15) is 11.5 Å². The van der Waals surface area contributed by atoms with Gasteiger partial charge in [-0.15, -0.1) is 0 Å². The van der Waals surface area contributed by atoms with Crippen LogP contribution < -0.4 is 0 Å². The van der Waals surface area contributed by atoms with Crippen LogP contribution in [0.4, 0.5) is 0 Å². The molecule has 134 valence electrons. The quantitative estimate of drug-likeness (QED) is 0.617. The molecule has 0 spiro atoms. The molecule has 5 nitrogen and oxygen atoms in total. The molecule has 3 fully saturated rings. The molecule has 1 N–H and O–H groups in total. The molecule has 0 aromatic carbocycles. The van der Waals surface area contributed by atoms with Crippen LogP contribution in [0.5, 0.6) is 0 Å². The molecule has 0 bridgehead atoms. The van der Waals surface area contributed by atoms with Crippen LogP contribution in [0.2, 0.25) is 0 Å². The van der Waals surface area contributed by atoms with Gasteiger partial charge in [0.15, 0.2) is 6.10 Å². The maximum absolute atomic E-state index is 12.6. The average Bonchev–Trinajstić information content (AvgIpc) is 2.80. The number of carbonyl (C=O) groups excluding carboxylic acids is 1. The molecule has 0 aromatic rings. The van der Waals surface area contributed by atoms with Crippen LogP contribution in [0, 0.1) is 11.3 Å². The van der Waals surface area contributed by atoms with Gasteiger partial charge in [0.25, 0.3) is 0 Å². The molecule has 2 aliphatic carbocycles. The summed E-state index contributed by atoms with van der Waals surface area (Å²) in [5.41, 5.74) is 1.60. The predicted octanol–water partition coefficient (Wildman–Crippen LogP) is 1.89. The first-order valence-electron chi connectivity index (χ1n) is 9.37. The van der Waals surface area contributed by atoms with Gasteiger partial charge in [0.2, 0.25) is 0 Å². The van der Waals surface area contributed by atoms with Gasteiger partial charge in [-0.25, -0.2) is 0 Å². The summed E-state index contributed by atoms with van der Waals surface area (Å²) in [5, 5.41) is 11.5. The smallest absolute Gasteiger partial charge is 0.314 e. The number of aliphatic hydroxyl groups is 1. The summed E-state index contributed by atoms with van der Waals surface area (Å²) in [6, 6.07) is 0. The van der Waals surface area contributed by atoms with Crippen molar-refractivity contribution in [3.8, 4) is 0 Å². The van der Waals surface area contributed by atoms with Crippen LogP contribution in [0.3, 0.4) is 0 Å². The second-order valence-electron chi connectivity index (χ2n) is 8.38. The normalized spacial score (nSPS) is 43.4. The minimum absolute atomic E-state index is 0.0906. The van der Waals surface area contributed by atoms with E-state index in [2.05, 4.69) is 18.7 Å². The number of hydrogen-bond acceptors (Lipinski definition) is 5. The number of rotatable bonds is 2. The highest BCUT2D eigenvalue weighted by molar-refractivity contribution is 5.78. The van der Waals surface area contributed by atoms with Gasteiger partial charge in [-0.05, 0) is 50.0 Å². The zero-order chi connectivity index (χ0) is 16.9. The van der Waals surface area contributed by atoms with Crippen molar-refractivity contribution in [2.24, 2.45) is 11.3 Å². The Morgan fingerprint density at radius 3 is 2.75 bits per heavy atom. The largest absolute Gasteiger partial charge is 0.454 e. The molecule has 0 radical (unpaired) electrons. The monoisotopic (exact) mass is 335 g/mol. The third-order valence-corrected chi connectivity index (χ3v) is 6.85. The summed E-state index contributed by atoms with van der Waals surface area (Å²) in [6.07, 6.45) is 4.56. The Hall–Kier alpha value is -0.910. The molecule has 5 heteroatoms. The standard InChI is InChI=1S/C19H29NO4/c1-13-4-3-5-18(2)6-7-19(22)14(12-20-8-10-23-11-9-20)17(21)24-16(19)15(13)18/h14,16,22H,3-12H2,1-2H3/t14?,16-,18+,19+/m0/s1. The number of nitrogens with zero attached hydrogens (tertiary/aromatic N) is 1. The SMILES string of the molecule is CC1=C2[C@@H]3OC(=O)C(CN4CCOCC4)[C@]3(O)CC[C@@]2(C)CCC1. The topological polar surface area (TPSA) is 59.0 Å². The van der Waals surface area contributed by atoms with E-state index in [1.807, 2.05) is 0 Å². The molecule has 0 amide bonds. The Balaban J connectivity index is 1.63. The highest BCUT2D eigenvalue weighted by Crippen LogP contribution is 2.57. The van der Waals surface area contributed by atoms with Gasteiger partial charge in [0, 0.05) is 19.6 Å². The van der Waals surface area contributed by atoms with Gasteiger partial charge in [0.05, 0.1) is 13.2 Å². The number of morpholine rings is 1. The average molecular weight is 335 g/mol. The lowest BCUT2D eigenvalue weighted by atomic mass is 9.58. The van der Waals surface area contributed by atoms with Crippen molar-refractivity contribution in [2.75, 3.05) is 32.8 Å². The molecule has 24 heavy (non-hydrogen) atoms. The van der Waals surface area contributed by atoms with Crippen molar-refractivity contribution >= 4 is 5.97 Å². The van der Waals surface area contributed by atoms with E-state index in [0.717, 1.165) is 32.4 Å². The minimum Gasteiger partial charge on any atom is -0.454 e. The minimum atomic E-state index is -1.04. The number of allylic oxidation sites excluding steroid dienone is 1. The van der Waals surface area contributed by atoms with E-state index >= 15 is 0 Å². The van der Waals surface area contributed by atoms with Crippen LogP contribution in [-0.4, -0.2) is 60.5 Å². The second kappa shape index (κ2) is 5.82. The van der Waals surface area contributed by atoms with Crippen molar-refractivity contribution < 1.29 is 19.4 Å². The van der Waals surface area contributed by atoms with Gasteiger partial charge < -0.3 is 14.6 Å². The fourth-order valence-electron chi connectivity index (χ4n) is 5.38. The van der Waals surface area contributed by atoms with E-state index in [-0.39, 0.29) is 11.4 Å². The van der Waals surface area contributed by atoms with E-state index in [1.165, 1.54) is 17.6 Å². The molecule has 4 aliphatic rings. The summed E-state index contributed by atoms with van der Waals surface area (Å²) in [7, 11) is 0. The summed E-state index contributed by atoms with van der Waals surface area (Å²) in [5.74, 6) is -0.656. The second-order valence-corrected chi connectivity index (χ2v) is 8.38. The Bertz CT molecular complexity index is 568. The van der Waals surface area contributed by atoms with E-state index in [1.54, 1.807) is 0 Å². The molecule has 4 rings (SSSR count). The first-order valence-corrected chi connectivity index (χ1v) is 9.37. The molecule has 2 aliphatic heterocycles. The predicted molar refractivity (Wildman–Crippen MR) is 89.5 cm³/mol. The van der Waals surface area contributed by atoms with E-state index in [0.29, 0.717) is 26.2 Å². The molecular weight excluding hydrogens is 306 g/mol. The highest BCUT2D eigenvalue weighted by Gasteiger charge is 2.63. The van der Waals surface area contributed by atoms with Crippen LogP contribution >= 0.6 is 0 Å². The number of hydrogen-bond donors (Lipinski definition) is 1. The maximum atomic E-state index is 12.6. The Labute approximate surface area is 144 Å². The van der Waals surface area contributed by atoms with Crippen molar-refractivity contribution in [3.63, 3.8) is 0 Å². The lowest BCUT2D eigenvalue weighted by molar-refractivity contribution is -0.144. The number of esters is 1. The fraction of sp³-hybridized carbons (Fsp3) is 0.842. The fourth-order valence-corrected chi connectivity index (χ4v) is 5.38. The molecule has 2 heterocycles. The van der Waals surface area contributed by atoms with Crippen LogP contribution in [0.25, 0.3) is 0 Å². The lowest BCUT2D eigenvalue weighted by Crippen LogP contribution is -2.55. The Kier molecular flexibility index (Phi) is 4.01. The van der Waals surface area contributed by atoms with Crippen molar-refractivity contribution in [1.82, 2.24) is 4.90 Å². The van der Waals surface area contributed by atoms with Crippen molar-refractivity contribution in [1.29, 1.82) is 0 Å². The lowest BCUT2D eigenvalue weighted by Gasteiger charge is -2.49. The highest BCUT2D eigenvalue weighted by atomic mass is 16.6. The summed E-state index contributed by atoms with van der Waals surface area (Å²) in [4.78, 5) is 14.9. The third-order valence-electron chi connectivity index (χ3n) is 6.85. The van der Waals surface area contributed by atoms with Gasteiger partial charge in [-0.2, -0.15) is 0 Å². The summed E-state index contributed by atoms with van der Waals surface area (Å²) < 4.78 is 11.2. The first kappa shape index (κ1) is 16.6. The molecule has 2 saturated heterocycles. The molecule has 0 aromatic heterocycles. The Morgan fingerprint density at radius 1 is 1.25 bits per heavy atom. The van der Waals surface area contributed by atoms with Gasteiger partial charge >= 0.3 is 5.97 Å². The van der Waals surface area contributed by atoms with Crippen LogP contribution in [0.1, 0.15) is 46.0 Å². The van der Waals surface area contributed by atoms with E-state index in [9.17, 15) is 9.90 Å². The van der Waals surface area contributed by atoms with E-state index < -0.39 is 17.6 Å². The number of fused-ring (bicyclic) bond motifs is 3. The van der Waals surface area contributed by atoms with E-state index in [4.69, 9.17) is 9.47 Å².